The molecule has 0 saturated heterocycles. The highest BCUT2D eigenvalue weighted by Gasteiger charge is 2.28. The molecule has 1 unspecified atom stereocenters. The summed E-state index contributed by atoms with van der Waals surface area (Å²) in [4.78, 5) is 17.4. The first-order valence-electron chi connectivity index (χ1n) is 10.00. The van der Waals surface area contributed by atoms with Crippen LogP contribution in [0, 0.1) is 11.7 Å². The molecule has 4 aromatic rings. The van der Waals surface area contributed by atoms with Gasteiger partial charge < -0.3 is 5.11 Å². The van der Waals surface area contributed by atoms with Crippen molar-refractivity contribution in [2.45, 2.75) is 26.3 Å². The number of hydrogen-bond acceptors (Lipinski definition) is 3. The maximum Gasteiger partial charge on any atom is 0.349 e. The van der Waals surface area contributed by atoms with E-state index in [-0.39, 0.29) is 17.5 Å². The average molecular weight is 438 g/mol. The minimum atomic E-state index is -0.444. The molecule has 158 valence electrons. The van der Waals surface area contributed by atoms with E-state index < -0.39 is 17.3 Å². The molecule has 0 spiro atoms. The van der Waals surface area contributed by atoms with Crippen LogP contribution in [0.2, 0.25) is 5.15 Å². The fourth-order valence-electron chi connectivity index (χ4n) is 3.82. The van der Waals surface area contributed by atoms with Gasteiger partial charge in [0.2, 0.25) is 0 Å². The van der Waals surface area contributed by atoms with Gasteiger partial charge in [0.1, 0.15) is 22.6 Å². The Kier molecular flexibility index (Phi) is 5.74. The zero-order chi connectivity index (χ0) is 22.1. The summed E-state index contributed by atoms with van der Waals surface area (Å²) in [5.74, 6) is -0.601. The first kappa shape index (κ1) is 21.0. The van der Waals surface area contributed by atoms with Crippen molar-refractivity contribution in [3.8, 4) is 17.0 Å². The van der Waals surface area contributed by atoms with Crippen LogP contribution in [-0.4, -0.2) is 9.38 Å². The predicted octanol–water partition coefficient (Wildman–Crippen LogP) is 4.15. The molecule has 0 N–H and O–H groups in total. The second-order valence-electron chi connectivity index (χ2n) is 7.85. The van der Waals surface area contributed by atoms with Crippen LogP contribution in [0.5, 0.6) is 5.88 Å². The highest BCUT2D eigenvalue weighted by Crippen LogP contribution is 2.28. The molecular weight excluding hydrogens is 417 g/mol. The van der Waals surface area contributed by atoms with E-state index in [1.165, 1.54) is 28.7 Å². The minimum Gasteiger partial charge on any atom is -0.842 e. The predicted molar refractivity (Wildman–Crippen MR) is 116 cm³/mol. The van der Waals surface area contributed by atoms with Gasteiger partial charge in [0.25, 0.3) is 5.65 Å². The highest BCUT2D eigenvalue weighted by atomic mass is 35.5. The number of pyridine rings is 2. The topological polar surface area (TPSA) is 61.3 Å². The van der Waals surface area contributed by atoms with Gasteiger partial charge in [0, 0.05) is 17.8 Å². The lowest BCUT2D eigenvalue weighted by atomic mass is 9.97. The molecule has 0 aliphatic heterocycles. The van der Waals surface area contributed by atoms with Crippen LogP contribution in [-0.2, 0) is 0 Å². The quantitative estimate of drug-likeness (QED) is 0.348. The molecule has 0 aliphatic rings. The molecular formula is C24H21ClFN3O2. The number of nitrogens with zero attached hydrogens (tertiary/aromatic N) is 3. The van der Waals surface area contributed by atoms with Gasteiger partial charge in [-0.1, -0.05) is 49.7 Å². The first-order valence-corrected chi connectivity index (χ1v) is 10.4. The van der Waals surface area contributed by atoms with Gasteiger partial charge >= 0.3 is 5.56 Å². The Morgan fingerprint density at radius 3 is 2.52 bits per heavy atom. The van der Waals surface area contributed by atoms with E-state index in [0.717, 1.165) is 5.56 Å². The van der Waals surface area contributed by atoms with Crippen LogP contribution >= 0.6 is 11.6 Å². The third-order valence-electron chi connectivity index (χ3n) is 5.22. The number of hydrogen-bond donors (Lipinski definition) is 0. The second kappa shape index (κ2) is 8.47. The third kappa shape index (κ3) is 4.03. The van der Waals surface area contributed by atoms with Crippen LogP contribution in [0.3, 0.4) is 0 Å². The molecule has 3 heterocycles. The van der Waals surface area contributed by atoms with Gasteiger partial charge in [-0.05, 0) is 42.2 Å². The van der Waals surface area contributed by atoms with Gasteiger partial charge in [-0.15, -0.1) is 0 Å². The smallest absolute Gasteiger partial charge is 0.349 e. The Labute approximate surface area is 184 Å². The molecule has 3 aromatic heterocycles. The van der Waals surface area contributed by atoms with E-state index in [4.69, 9.17) is 11.6 Å². The molecule has 4 rings (SSSR count). The fraction of sp³-hybridized carbons (Fsp3) is 0.208. The molecule has 7 heteroatoms. The number of halogens is 2. The Balaban J connectivity index is 2.06. The van der Waals surface area contributed by atoms with Crippen molar-refractivity contribution >= 4 is 17.2 Å². The lowest BCUT2D eigenvalue weighted by Crippen LogP contribution is -2.48. The van der Waals surface area contributed by atoms with Crippen LogP contribution < -0.4 is 15.2 Å². The van der Waals surface area contributed by atoms with Crippen molar-refractivity contribution in [3.05, 3.63) is 93.9 Å². The molecule has 5 nitrogen and oxygen atoms in total. The third-order valence-corrected chi connectivity index (χ3v) is 5.45. The van der Waals surface area contributed by atoms with Crippen LogP contribution in [0.4, 0.5) is 4.39 Å². The highest BCUT2D eigenvalue weighted by molar-refractivity contribution is 6.29. The van der Waals surface area contributed by atoms with Crippen molar-refractivity contribution in [1.82, 2.24) is 9.38 Å². The molecule has 0 amide bonds. The number of benzene rings is 1. The van der Waals surface area contributed by atoms with Gasteiger partial charge in [-0.25, -0.2) is 18.7 Å². The summed E-state index contributed by atoms with van der Waals surface area (Å²) < 4.78 is 16.6. The first-order chi connectivity index (χ1) is 14.9. The van der Waals surface area contributed by atoms with E-state index in [1.807, 2.05) is 6.07 Å². The van der Waals surface area contributed by atoms with Gasteiger partial charge in [0.15, 0.2) is 0 Å². The Morgan fingerprint density at radius 2 is 1.87 bits per heavy atom. The molecule has 0 aliphatic carbocycles. The van der Waals surface area contributed by atoms with E-state index in [2.05, 4.69) is 18.8 Å². The van der Waals surface area contributed by atoms with E-state index in [1.54, 1.807) is 41.2 Å². The SMILES string of the molecule is CC(C)CC(c1ccc(Cl)nc1)[n+]1c([O-])c(-c2ccc(F)cc2)c(=O)n2ccccc21. The lowest BCUT2D eigenvalue weighted by molar-refractivity contribution is -0.731. The summed E-state index contributed by atoms with van der Waals surface area (Å²) >= 11 is 5.98. The summed E-state index contributed by atoms with van der Waals surface area (Å²) in [5, 5.41) is 14.1. The molecule has 0 bridgehead atoms. The minimum absolute atomic E-state index is 0.000575. The Bertz CT molecular complexity index is 1290. The van der Waals surface area contributed by atoms with Crippen molar-refractivity contribution in [2.75, 3.05) is 0 Å². The van der Waals surface area contributed by atoms with Crippen molar-refractivity contribution in [3.63, 3.8) is 0 Å². The van der Waals surface area contributed by atoms with Crippen LogP contribution in [0.15, 0.2) is 71.8 Å². The Morgan fingerprint density at radius 1 is 1.13 bits per heavy atom. The fourth-order valence-corrected chi connectivity index (χ4v) is 3.94. The molecule has 0 fully saturated rings. The van der Waals surface area contributed by atoms with E-state index >= 15 is 0 Å². The lowest BCUT2D eigenvalue weighted by Gasteiger charge is -2.25. The van der Waals surface area contributed by atoms with Crippen molar-refractivity contribution in [2.24, 2.45) is 5.92 Å². The summed E-state index contributed by atoms with van der Waals surface area (Å²) in [6.45, 7) is 4.14. The summed E-state index contributed by atoms with van der Waals surface area (Å²) in [6.07, 6.45) is 3.94. The zero-order valence-corrected chi connectivity index (χ0v) is 17.9. The van der Waals surface area contributed by atoms with E-state index in [9.17, 15) is 14.3 Å². The monoisotopic (exact) mass is 437 g/mol. The maximum atomic E-state index is 13.8. The normalized spacial score (nSPS) is 12.4. The largest absolute Gasteiger partial charge is 0.842 e. The maximum absolute atomic E-state index is 13.8. The van der Waals surface area contributed by atoms with Crippen molar-refractivity contribution < 1.29 is 14.1 Å². The Hall–Kier alpha value is -3.25. The number of aromatic nitrogens is 3. The van der Waals surface area contributed by atoms with E-state index in [0.29, 0.717) is 22.8 Å². The van der Waals surface area contributed by atoms with Gasteiger partial charge in [0.05, 0.1) is 12.1 Å². The van der Waals surface area contributed by atoms with Gasteiger partial charge in [-0.3, -0.25) is 0 Å². The standard InChI is InChI=1S/C24H21ClFN3O2/c1-15(2)13-19(17-8-11-20(25)27-14-17)29-21-5-3-4-12-28(21)23(30)22(24(29)31)16-6-9-18(26)10-7-16/h3-12,14-15,19H,13H2,1-2H3. The summed E-state index contributed by atoms with van der Waals surface area (Å²) in [6, 6.07) is 13.8. The van der Waals surface area contributed by atoms with Gasteiger partial charge in [-0.2, -0.15) is 4.40 Å². The second-order valence-corrected chi connectivity index (χ2v) is 8.24. The molecule has 0 radical (unpaired) electrons. The number of rotatable bonds is 5. The molecule has 0 saturated carbocycles. The number of fused-ring (bicyclic) bond motifs is 1. The van der Waals surface area contributed by atoms with Crippen LogP contribution in [0.1, 0.15) is 31.9 Å². The molecule has 1 atom stereocenters. The van der Waals surface area contributed by atoms with Crippen molar-refractivity contribution in [1.29, 1.82) is 0 Å². The van der Waals surface area contributed by atoms with Crippen LogP contribution in [0.25, 0.3) is 16.8 Å². The summed E-state index contributed by atoms with van der Waals surface area (Å²) in [7, 11) is 0. The molecule has 31 heavy (non-hydrogen) atoms. The molecule has 1 aromatic carbocycles. The zero-order valence-electron chi connectivity index (χ0n) is 17.1. The average Bonchev–Trinajstić information content (AvgIpc) is 2.75. The summed E-state index contributed by atoms with van der Waals surface area (Å²) in [5.41, 5.74) is 1.22.